The molecule has 0 unspecified atom stereocenters. The SMILES string of the molecule is C=C(NCCCCC)/C(C)=C/c1ccccc1C. The summed E-state index contributed by atoms with van der Waals surface area (Å²) in [4.78, 5) is 0. The van der Waals surface area contributed by atoms with Crippen molar-refractivity contribution in [3.05, 3.63) is 53.2 Å². The molecule has 0 heterocycles. The van der Waals surface area contributed by atoms with Gasteiger partial charge in [-0.25, -0.2) is 0 Å². The third-order valence-electron chi connectivity index (χ3n) is 3.16. The van der Waals surface area contributed by atoms with Crippen LogP contribution in [0.3, 0.4) is 0 Å². The Morgan fingerprint density at radius 3 is 2.67 bits per heavy atom. The Balaban J connectivity index is 2.55. The molecule has 0 saturated heterocycles. The summed E-state index contributed by atoms with van der Waals surface area (Å²) in [5, 5.41) is 3.39. The molecule has 0 atom stereocenters. The van der Waals surface area contributed by atoms with E-state index in [1.54, 1.807) is 0 Å². The number of unbranched alkanes of at least 4 members (excludes halogenated alkanes) is 2. The fourth-order valence-electron chi connectivity index (χ4n) is 1.82. The lowest BCUT2D eigenvalue weighted by atomic mass is 10.1. The summed E-state index contributed by atoms with van der Waals surface area (Å²) < 4.78 is 0. The maximum absolute atomic E-state index is 4.10. The van der Waals surface area contributed by atoms with Gasteiger partial charge in [0.2, 0.25) is 0 Å². The summed E-state index contributed by atoms with van der Waals surface area (Å²) >= 11 is 0. The molecule has 0 aliphatic heterocycles. The highest BCUT2D eigenvalue weighted by Crippen LogP contribution is 2.14. The number of nitrogens with one attached hydrogen (secondary N) is 1. The van der Waals surface area contributed by atoms with E-state index in [0.717, 1.165) is 12.2 Å². The van der Waals surface area contributed by atoms with E-state index < -0.39 is 0 Å². The molecule has 0 fully saturated rings. The molecule has 1 nitrogen and oxygen atoms in total. The molecule has 0 aliphatic rings. The van der Waals surface area contributed by atoms with Crippen LogP contribution < -0.4 is 5.32 Å². The van der Waals surface area contributed by atoms with Crippen molar-refractivity contribution < 1.29 is 0 Å². The Kier molecular flexibility index (Phi) is 6.27. The molecule has 98 valence electrons. The van der Waals surface area contributed by atoms with Crippen LogP contribution in [0.5, 0.6) is 0 Å². The molecule has 0 radical (unpaired) electrons. The molecule has 1 N–H and O–H groups in total. The highest BCUT2D eigenvalue weighted by atomic mass is 14.9. The molecular formula is C17H25N. The Morgan fingerprint density at radius 2 is 2.00 bits per heavy atom. The predicted molar refractivity (Wildman–Crippen MR) is 81.5 cm³/mol. The Morgan fingerprint density at radius 1 is 1.28 bits per heavy atom. The zero-order valence-corrected chi connectivity index (χ0v) is 11.9. The normalized spacial score (nSPS) is 11.4. The topological polar surface area (TPSA) is 12.0 Å². The van der Waals surface area contributed by atoms with Gasteiger partial charge in [-0.3, -0.25) is 0 Å². The van der Waals surface area contributed by atoms with Gasteiger partial charge in [0, 0.05) is 12.2 Å². The smallest absolute Gasteiger partial charge is 0.0297 e. The Labute approximate surface area is 112 Å². The monoisotopic (exact) mass is 243 g/mol. The first-order chi connectivity index (χ1) is 8.65. The molecule has 1 heteroatoms. The number of benzene rings is 1. The second-order valence-corrected chi connectivity index (χ2v) is 4.80. The van der Waals surface area contributed by atoms with Gasteiger partial charge in [0.1, 0.15) is 0 Å². The van der Waals surface area contributed by atoms with Crippen molar-refractivity contribution in [1.82, 2.24) is 5.32 Å². The molecule has 0 aliphatic carbocycles. The maximum Gasteiger partial charge on any atom is 0.0297 e. The Hall–Kier alpha value is -1.50. The summed E-state index contributed by atoms with van der Waals surface area (Å²) in [6, 6.07) is 8.42. The van der Waals surface area contributed by atoms with Crippen LogP contribution in [0.2, 0.25) is 0 Å². The van der Waals surface area contributed by atoms with Crippen molar-refractivity contribution in [3.63, 3.8) is 0 Å². The average Bonchev–Trinajstić information content (AvgIpc) is 2.37. The molecule has 1 rings (SSSR count). The van der Waals surface area contributed by atoms with Crippen LogP contribution in [0.4, 0.5) is 0 Å². The van der Waals surface area contributed by atoms with Crippen LogP contribution in [0.15, 0.2) is 42.1 Å². The molecule has 0 bridgehead atoms. The molecule has 0 aromatic heterocycles. The van der Waals surface area contributed by atoms with Crippen molar-refractivity contribution in [2.45, 2.75) is 40.0 Å². The van der Waals surface area contributed by atoms with E-state index in [9.17, 15) is 0 Å². The van der Waals surface area contributed by atoms with E-state index in [0.29, 0.717) is 0 Å². The van der Waals surface area contributed by atoms with Crippen LogP contribution >= 0.6 is 0 Å². The highest BCUT2D eigenvalue weighted by Gasteiger charge is 1.98. The van der Waals surface area contributed by atoms with E-state index >= 15 is 0 Å². The first-order valence-electron chi connectivity index (χ1n) is 6.82. The third-order valence-corrected chi connectivity index (χ3v) is 3.16. The number of rotatable bonds is 7. The van der Waals surface area contributed by atoms with Gasteiger partial charge >= 0.3 is 0 Å². The summed E-state index contributed by atoms with van der Waals surface area (Å²) in [6.07, 6.45) is 5.95. The predicted octanol–water partition coefficient (Wildman–Crippen LogP) is 4.69. The number of hydrogen-bond donors (Lipinski definition) is 1. The summed E-state index contributed by atoms with van der Waals surface area (Å²) in [7, 11) is 0. The van der Waals surface area contributed by atoms with Crippen molar-refractivity contribution in [1.29, 1.82) is 0 Å². The van der Waals surface area contributed by atoms with Gasteiger partial charge in [0.05, 0.1) is 0 Å². The molecule has 0 saturated carbocycles. The second kappa shape index (κ2) is 7.75. The van der Waals surface area contributed by atoms with Crippen molar-refractivity contribution in [3.8, 4) is 0 Å². The molecule has 1 aromatic rings. The molecular weight excluding hydrogens is 218 g/mol. The highest BCUT2D eigenvalue weighted by molar-refractivity contribution is 5.59. The molecule has 1 aromatic carbocycles. The fraction of sp³-hybridized carbons (Fsp3) is 0.412. The van der Waals surface area contributed by atoms with Crippen LogP contribution in [0.25, 0.3) is 6.08 Å². The lowest BCUT2D eigenvalue weighted by Gasteiger charge is -2.10. The van der Waals surface area contributed by atoms with Crippen LogP contribution in [-0.4, -0.2) is 6.54 Å². The van der Waals surface area contributed by atoms with Gasteiger partial charge in [-0.15, -0.1) is 0 Å². The minimum Gasteiger partial charge on any atom is -0.385 e. The van der Waals surface area contributed by atoms with Crippen LogP contribution in [-0.2, 0) is 0 Å². The zero-order valence-electron chi connectivity index (χ0n) is 11.9. The third kappa shape index (κ3) is 4.79. The first kappa shape index (κ1) is 14.6. The van der Waals surface area contributed by atoms with Crippen molar-refractivity contribution in [2.24, 2.45) is 0 Å². The minimum absolute atomic E-state index is 1.02. The quantitative estimate of drug-likeness (QED) is 0.541. The van der Waals surface area contributed by atoms with Crippen molar-refractivity contribution in [2.75, 3.05) is 6.54 Å². The van der Waals surface area contributed by atoms with Gasteiger partial charge in [0.15, 0.2) is 0 Å². The average molecular weight is 243 g/mol. The number of allylic oxidation sites excluding steroid dienone is 1. The number of aryl methyl sites for hydroxylation is 1. The summed E-state index contributed by atoms with van der Waals surface area (Å²) in [6.45, 7) is 11.6. The van der Waals surface area contributed by atoms with E-state index in [1.807, 2.05) is 0 Å². The van der Waals surface area contributed by atoms with Crippen LogP contribution in [0.1, 0.15) is 44.2 Å². The molecule has 0 spiro atoms. The van der Waals surface area contributed by atoms with Gasteiger partial charge < -0.3 is 5.32 Å². The first-order valence-corrected chi connectivity index (χ1v) is 6.82. The van der Waals surface area contributed by atoms with E-state index in [4.69, 9.17) is 0 Å². The number of hydrogen-bond acceptors (Lipinski definition) is 1. The van der Waals surface area contributed by atoms with Gasteiger partial charge in [-0.2, -0.15) is 0 Å². The van der Waals surface area contributed by atoms with E-state index in [2.05, 4.69) is 63.0 Å². The lowest BCUT2D eigenvalue weighted by Crippen LogP contribution is -2.14. The van der Waals surface area contributed by atoms with Crippen molar-refractivity contribution >= 4 is 6.08 Å². The standard InChI is InChI=1S/C17H25N/c1-5-6-9-12-18-16(4)15(3)13-17-11-8-7-10-14(17)2/h7-8,10-11,13,18H,4-6,9,12H2,1-3H3/b15-13+. The van der Waals surface area contributed by atoms with Crippen LogP contribution in [0, 0.1) is 6.92 Å². The van der Waals surface area contributed by atoms with E-state index in [1.165, 1.54) is 36.0 Å². The Bertz CT molecular complexity index is 415. The largest absolute Gasteiger partial charge is 0.385 e. The van der Waals surface area contributed by atoms with E-state index in [-0.39, 0.29) is 0 Å². The zero-order chi connectivity index (χ0) is 13.4. The lowest BCUT2D eigenvalue weighted by molar-refractivity contribution is 0.671. The minimum atomic E-state index is 1.02. The van der Waals surface area contributed by atoms with Gasteiger partial charge in [-0.1, -0.05) is 50.6 Å². The second-order valence-electron chi connectivity index (χ2n) is 4.80. The van der Waals surface area contributed by atoms with Gasteiger partial charge in [-0.05, 0) is 43.0 Å². The maximum atomic E-state index is 4.10. The fourth-order valence-corrected chi connectivity index (χ4v) is 1.82. The summed E-state index contributed by atoms with van der Waals surface area (Å²) in [5.74, 6) is 0. The molecule has 0 amide bonds. The summed E-state index contributed by atoms with van der Waals surface area (Å²) in [5.41, 5.74) is 4.82. The molecule has 18 heavy (non-hydrogen) atoms. The van der Waals surface area contributed by atoms with Gasteiger partial charge in [0.25, 0.3) is 0 Å².